The van der Waals surface area contributed by atoms with Crippen LogP contribution in [0.3, 0.4) is 0 Å². The van der Waals surface area contributed by atoms with Crippen molar-refractivity contribution >= 4 is 23.2 Å². The monoisotopic (exact) mass is 328 g/mol. The Morgan fingerprint density at radius 2 is 1.92 bits per heavy atom. The number of nitrogens with zero attached hydrogens (tertiary/aromatic N) is 2. The van der Waals surface area contributed by atoms with E-state index in [4.69, 9.17) is 14.2 Å². The van der Waals surface area contributed by atoms with Crippen LogP contribution < -0.4 is 20.1 Å². The van der Waals surface area contributed by atoms with Crippen LogP contribution in [0, 0.1) is 0 Å². The topological polar surface area (TPSA) is 94.6 Å². The quantitative estimate of drug-likeness (QED) is 0.887. The number of carbonyl (C=O) groups is 1. The second-order valence-corrected chi connectivity index (χ2v) is 5.49. The zero-order chi connectivity index (χ0) is 16.4. The summed E-state index contributed by atoms with van der Waals surface area (Å²) in [6.45, 7) is 0.861. The van der Waals surface area contributed by atoms with E-state index in [0.29, 0.717) is 24.0 Å². The molecule has 1 amide bonds. The van der Waals surface area contributed by atoms with E-state index in [1.807, 2.05) is 18.2 Å². The molecule has 0 saturated carbocycles. The van der Waals surface area contributed by atoms with Gasteiger partial charge in [0.15, 0.2) is 23.1 Å². The average molecular weight is 328 g/mol. The third-order valence-corrected chi connectivity index (χ3v) is 3.78. The molecule has 124 valence electrons. The maximum absolute atomic E-state index is 12.0. The summed E-state index contributed by atoms with van der Waals surface area (Å²) in [5.74, 6) is 2.18. The van der Waals surface area contributed by atoms with Crippen molar-refractivity contribution in [3.63, 3.8) is 0 Å². The van der Waals surface area contributed by atoms with Crippen LogP contribution in [0.2, 0.25) is 0 Å². The Labute approximate surface area is 138 Å². The number of amides is 1. The predicted molar refractivity (Wildman–Crippen MR) is 85.5 cm³/mol. The first-order valence-electron chi connectivity index (χ1n) is 7.71. The summed E-state index contributed by atoms with van der Waals surface area (Å²) in [5.41, 5.74) is 0.810. The molecular weight excluding hydrogens is 312 g/mol. The van der Waals surface area contributed by atoms with Gasteiger partial charge in [-0.15, -0.1) is 10.2 Å². The fourth-order valence-corrected chi connectivity index (χ4v) is 2.58. The Kier molecular flexibility index (Phi) is 3.87. The number of carbonyl (C=O) groups excluding carboxylic acids is 1. The van der Waals surface area contributed by atoms with Gasteiger partial charge in [0, 0.05) is 18.4 Å². The molecule has 4 rings (SSSR count). The number of aromatic nitrogens is 2. The molecule has 1 aromatic heterocycles. The molecule has 24 heavy (non-hydrogen) atoms. The van der Waals surface area contributed by atoms with Gasteiger partial charge in [-0.1, -0.05) is 0 Å². The molecule has 1 unspecified atom stereocenters. The summed E-state index contributed by atoms with van der Waals surface area (Å²) in [6, 6.07) is 8.95. The van der Waals surface area contributed by atoms with E-state index in [2.05, 4.69) is 20.8 Å². The van der Waals surface area contributed by atoms with Crippen LogP contribution in [0.1, 0.15) is 12.8 Å². The number of hydrogen-bond acceptors (Lipinski definition) is 7. The minimum atomic E-state index is -0.391. The summed E-state index contributed by atoms with van der Waals surface area (Å²) in [6.07, 6.45) is 1.25. The summed E-state index contributed by atoms with van der Waals surface area (Å²) in [4.78, 5) is 12.0. The van der Waals surface area contributed by atoms with Crippen molar-refractivity contribution in [3.8, 4) is 11.5 Å². The number of rotatable bonds is 4. The fraction of sp³-hybridized carbons (Fsp3) is 0.312. The van der Waals surface area contributed by atoms with E-state index in [9.17, 15) is 4.79 Å². The normalized spacial score (nSPS) is 18.4. The van der Waals surface area contributed by atoms with Crippen molar-refractivity contribution in [3.05, 3.63) is 30.3 Å². The molecule has 0 bridgehead atoms. The van der Waals surface area contributed by atoms with Crippen molar-refractivity contribution in [1.29, 1.82) is 0 Å². The first kappa shape index (κ1) is 14.7. The predicted octanol–water partition coefficient (Wildman–Crippen LogP) is 2.07. The number of fused-ring (bicyclic) bond motifs is 1. The number of anilines is 3. The molecule has 0 radical (unpaired) electrons. The molecule has 2 aromatic rings. The second kappa shape index (κ2) is 6.32. The number of benzene rings is 1. The van der Waals surface area contributed by atoms with Gasteiger partial charge >= 0.3 is 0 Å². The van der Waals surface area contributed by atoms with E-state index in [1.165, 1.54) is 0 Å². The lowest BCUT2D eigenvalue weighted by Gasteiger charge is -2.10. The lowest BCUT2D eigenvalue weighted by atomic mass is 10.2. The van der Waals surface area contributed by atoms with Crippen LogP contribution >= 0.6 is 0 Å². The van der Waals surface area contributed by atoms with Crippen molar-refractivity contribution in [2.75, 3.05) is 24.0 Å². The molecule has 2 N–H and O–H groups in total. The van der Waals surface area contributed by atoms with E-state index < -0.39 is 6.10 Å². The van der Waals surface area contributed by atoms with Crippen LogP contribution in [-0.2, 0) is 9.53 Å². The van der Waals surface area contributed by atoms with Crippen molar-refractivity contribution in [2.45, 2.75) is 18.9 Å². The minimum absolute atomic E-state index is 0.182. The zero-order valence-electron chi connectivity index (χ0n) is 12.8. The lowest BCUT2D eigenvalue weighted by Crippen LogP contribution is -2.27. The van der Waals surface area contributed by atoms with Gasteiger partial charge in [0.05, 0.1) is 0 Å². The fourth-order valence-electron chi connectivity index (χ4n) is 2.58. The minimum Gasteiger partial charge on any atom is -0.454 e. The van der Waals surface area contributed by atoms with Gasteiger partial charge < -0.3 is 24.8 Å². The van der Waals surface area contributed by atoms with Crippen molar-refractivity contribution in [2.24, 2.45) is 0 Å². The standard InChI is InChI=1S/C16H16N4O4/c21-16(12-2-1-7-22-12)18-15-6-5-14(19-20-15)17-10-3-4-11-13(8-10)24-9-23-11/h3-6,8,12H,1-2,7,9H2,(H,17,19)(H,18,20,21). The van der Waals surface area contributed by atoms with E-state index in [-0.39, 0.29) is 12.7 Å². The number of hydrogen-bond donors (Lipinski definition) is 2. The molecule has 8 nitrogen and oxygen atoms in total. The third-order valence-electron chi connectivity index (χ3n) is 3.78. The van der Waals surface area contributed by atoms with Gasteiger partial charge in [-0.25, -0.2) is 0 Å². The van der Waals surface area contributed by atoms with Gasteiger partial charge in [0.25, 0.3) is 5.91 Å². The Hall–Kier alpha value is -2.87. The van der Waals surface area contributed by atoms with Gasteiger partial charge in [0.1, 0.15) is 6.10 Å². The molecule has 0 spiro atoms. The Bertz CT molecular complexity index is 744. The summed E-state index contributed by atoms with van der Waals surface area (Å²) in [7, 11) is 0. The average Bonchev–Trinajstić information content (AvgIpc) is 3.27. The van der Waals surface area contributed by atoms with Crippen LogP contribution in [-0.4, -0.2) is 35.6 Å². The van der Waals surface area contributed by atoms with Crippen molar-refractivity contribution in [1.82, 2.24) is 10.2 Å². The van der Waals surface area contributed by atoms with Gasteiger partial charge in [0.2, 0.25) is 6.79 Å². The summed E-state index contributed by atoms with van der Waals surface area (Å²) < 4.78 is 15.9. The zero-order valence-corrected chi connectivity index (χ0v) is 12.8. The maximum Gasteiger partial charge on any atom is 0.254 e. The highest BCUT2D eigenvalue weighted by atomic mass is 16.7. The first-order valence-corrected chi connectivity index (χ1v) is 7.71. The Morgan fingerprint density at radius 3 is 2.71 bits per heavy atom. The van der Waals surface area contributed by atoms with E-state index in [0.717, 1.165) is 24.3 Å². The third kappa shape index (κ3) is 3.09. The largest absolute Gasteiger partial charge is 0.454 e. The first-order chi connectivity index (χ1) is 11.8. The maximum atomic E-state index is 12.0. The van der Waals surface area contributed by atoms with Crippen molar-refractivity contribution < 1.29 is 19.0 Å². The van der Waals surface area contributed by atoms with Crippen LogP contribution in [0.15, 0.2) is 30.3 Å². The van der Waals surface area contributed by atoms with Gasteiger partial charge in [-0.3, -0.25) is 4.79 Å². The van der Waals surface area contributed by atoms with E-state index in [1.54, 1.807) is 12.1 Å². The van der Waals surface area contributed by atoms with Crippen LogP contribution in [0.4, 0.5) is 17.3 Å². The molecule has 2 aliphatic rings. The molecule has 1 fully saturated rings. The molecular formula is C16H16N4O4. The van der Waals surface area contributed by atoms with Crippen LogP contribution in [0.5, 0.6) is 11.5 Å². The smallest absolute Gasteiger partial charge is 0.254 e. The SMILES string of the molecule is O=C(Nc1ccc(Nc2ccc3c(c2)OCO3)nn1)C1CCCO1. The highest BCUT2D eigenvalue weighted by Gasteiger charge is 2.23. The number of nitrogens with one attached hydrogen (secondary N) is 2. The lowest BCUT2D eigenvalue weighted by molar-refractivity contribution is -0.124. The summed E-state index contributed by atoms with van der Waals surface area (Å²) in [5, 5.41) is 13.9. The van der Waals surface area contributed by atoms with Gasteiger partial charge in [-0.2, -0.15) is 0 Å². The molecule has 0 aliphatic carbocycles. The Morgan fingerprint density at radius 1 is 1.08 bits per heavy atom. The number of ether oxygens (including phenoxy) is 3. The molecule has 2 aliphatic heterocycles. The molecule has 3 heterocycles. The molecule has 1 aromatic carbocycles. The molecule has 1 atom stereocenters. The highest BCUT2D eigenvalue weighted by Crippen LogP contribution is 2.34. The highest BCUT2D eigenvalue weighted by molar-refractivity contribution is 5.93. The molecule has 1 saturated heterocycles. The second-order valence-electron chi connectivity index (χ2n) is 5.49. The van der Waals surface area contributed by atoms with Gasteiger partial charge in [-0.05, 0) is 37.1 Å². The van der Waals surface area contributed by atoms with E-state index >= 15 is 0 Å². The van der Waals surface area contributed by atoms with Crippen LogP contribution in [0.25, 0.3) is 0 Å². The Balaban J connectivity index is 1.39. The summed E-state index contributed by atoms with van der Waals surface area (Å²) >= 11 is 0. The molecule has 8 heteroatoms.